The van der Waals surface area contributed by atoms with E-state index in [1.165, 1.54) is 96.3 Å². The Kier molecular flexibility index (Phi) is 75.0. The second-order valence-corrected chi connectivity index (χ2v) is 28.7. The van der Waals surface area contributed by atoms with Gasteiger partial charge >= 0.3 is 11.9 Å². The highest BCUT2D eigenvalue weighted by Crippen LogP contribution is 2.38. The Morgan fingerprint density at radius 1 is 0.304 bits per heavy atom. The van der Waals surface area contributed by atoms with Gasteiger partial charge < -0.3 is 27.9 Å². The first kappa shape index (κ1) is 96.3. The number of likely N-dealkylation sites (N-methyl/N-ethyl adjacent to an activating group) is 1. The van der Waals surface area contributed by atoms with Crippen molar-refractivity contribution in [3.63, 3.8) is 0 Å². The van der Waals surface area contributed by atoms with E-state index in [2.05, 4.69) is 233 Å². The Labute approximate surface area is 627 Å². The van der Waals surface area contributed by atoms with Gasteiger partial charge in [-0.05, 0) is 154 Å². The van der Waals surface area contributed by atoms with E-state index in [-0.39, 0.29) is 26.1 Å². The van der Waals surface area contributed by atoms with Gasteiger partial charge in [-0.1, -0.05) is 348 Å². The van der Waals surface area contributed by atoms with Gasteiger partial charge in [-0.15, -0.1) is 0 Å². The predicted octanol–water partition coefficient (Wildman–Crippen LogP) is 26.9. The Bertz CT molecular complexity index is 2530. The molecule has 574 valence electrons. The topological polar surface area (TPSA) is 111 Å². The number of hydrogen-bond acceptors (Lipinski definition) is 8. The highest BCUT2D eigenvalue weighted by molar-refractivity contribution is 7.45. The maximum atomic E-state index is 12.9. The van der Waals surface area contributed by atoms with Crippen LogP contribution < -0.4 is 4.89 Å². The first-order valence-electron chi connectivity index (χ1n) is 40.4. The minimum absolute atomic E-state index is 0.0419. The third-order valence-corrected chi connectivity index (χ3v) is 17.5. The molecule has 0 amide bonds. The van der Waals surface area contributed by atoms with Crippen molar-refractivity contribution in [2.75, 3.05) is 47.5 Å². The number of allylic oxidation sites excluding steroid dienone is 36. The van der Waals surface area contributed by atoms with Crippen molar-refractivity contribution >= 4 is 19.8 Å². The maximum absolute atomic E-state index is 12.9. The SMILES string of the molecule is CC/C=C\C/C=C\C/C=C\C/C=C\C/C=C\C/C=C\C/C=C\C/C=C\C/C=C\C/C=C\CCCCCCCCCCCCC(=O)OC(COC(=O)CCCCCCCCCCCCCC/C=C\C/C=C\C/C=C\C/C=C\C/C=C\C/C=C\C/C=C\C/C=C\CC)COP(=O)([O-])OCC[N+](C)(C)C. The van der Waals surface area contributed by atoms with E-state index in [0.29, 0.717) is 17.4 Å². The van der Waals surface area contributed by atoms with Crippen LogP contribution in [0.4, 0.5) is 0 Å². The maximum Gasteiger partial charge on any atom is 0.306 e. The smallest absolute Gasteiger partial charge is 0.306 e. The molecular weight excluding hydrogens is 1280 g/mol. The van der Waals surface area contributed by atoms with Crippen LogP contribution in [0.25, 0.3) is 0 Å². The molecule has 0 saturated carbocycles. The summed E-state index contributed by atoms with van der Waals surface area (Å²) >= 11 is 0. The molecule has 0 radical (unpaired) electrons. The molecule has 0 rings (SSSR count). The van der Waals surface area contributed by atoms with Gasteiger partial charge in [-0.2, -0.15) is 0 Å². The van der Waals surface area contributed by atoms with E-state index in [1.807, 2.05) is 21.1 Å². The lowest BCUT2D eigenvalue weighted by atomic mass is 10.0. The molecule has 2 unspecified atom stereocenters. The van der Waals surface area contributed by atoms with Crippen LogP contribution in [0.2, 0.25) is 0 Å². The highest BCUT2D eigenvalue weighted by atomic mass is 31.2. The van der Waals surface area contributed by atoms with E-state index in [1.54, 1.807) is 0 Å². The standard InChI is InChI=1S/C92H148NO8P/c1-6-8-10-12-14-16-18-20-22-24-26-28-30-32-34-36-38-40-42-44-45-46-47-49-51-53-55-57-59-61-63-65-67-69-71-73-75-77-79-81-83-85-92(95)101-90(89-100-102(96,97)99-87-86-93(3,4)5)88-98-91(94)84-82-80-78-76-74-72-70-68-66-64-62-60-58-56-54-52-50-48-43-41-39-37-35-33-31-29-27-25-23-21-19-17-15-13-11-9-7-2/h8-11,14-17,20-23,26-29,32-35,38-41,44-45,47-50,53-56,59,61,90H,6-7,12-13,18-19,24-25,30-31,36-37,42-43,46,51-52,57-58,60,62-89H2,1-5H3/b10-8-,11-9-,16-14-,17-15-,22-20-,23-21-,28-26-,29-27-,34-32-,35-33-,40-38-,41-39-,45-44-,49-47-,50-48-,55-53-,56-54-,61-59-. The largest absolute Gasteiger partial charge is 0.756 e. The number of phosphoric acid groups is 1. The normalized spacial score (nSPS) is 14.2. The zero-order valence-electron chi connectivity index (χ0n) is 65.5. The van der Waals surface area contributed by atoms with Crippen molar-refractivity contribution in [2.45, 2.75) is 302 Å². The Morgan fingerprint density at radius 2 is 0.529 bits per heavy atom. The molecule has 0 aromatic heterocycles. The van der Waals surface area contributed by atoms with Gasteiger partial charge in [0, 0.05) is 12.8 Å². The zero-order valence-corrected chi connectivity index (χ0v) is 66.4. The van der Waals surface area contributed by atoms with Crippen LogP contribution in [0.1, 0.15) is 296 Å². The molecule has 0 saturated heterocycles. The number of ether oxygens (including phenoxy) is 2. The van der Waals surface area contributed by atoms with Crippen molar-refractivity contribution in [3.8, 4) is 0 Å². The molecule has 0 heterocycles. The fourth-order valence-electron chi connectivity index (χ4n) is 10.4. The van der Waals surface area contributed by atoms with E-state index in [4.69, 9.17) is 18.5 Å². The average molecular weight is 1430 g/mol. The number of rotatable bonds is 72. The average Bonchev–Trinajstić information content (AvgIpc) is 0.916. The van der Waals surface area contributed by atoms with Crippen LogP contribution >= 0.6 is 7.82 Å². The minimum Gasteiger partial charge on any atom is -0.756 e. The van der Waals surface area contributed by atoms with Gasteiger partial charge in [0.15, 0.2) is 6.10 Å². The summed E-state index contributed by atoms with van der Waals surface area (Å²) in [7, 11) is 1.14. The number of carbonyl (C=O) groups excluding carboxylic acids is 2. The molecular formula is C92H148NO8P. The van der Waals surface area contributed by atoms with Crippen LogP contribution in [-0.2, 0) is 32.7 Å². The molecule has 0 N–H and O–H groups in total. The van der Waals surface area contributed by atoms with Crippen molar-refractivity contribution in [1.29, 1.82) is 0 Å². The highest BCUT2D eigenvalue weighted by Gasteiger charge is 2.22. The van der Waals surface area contributed by atoms with E-state index in [9.17, 15) is 19.0 Å². The summed E-state index contributed by atoms with van der Waals surface area (Å²) < 4.78 is 34.4. The van der Waals surface area contributed by atoms with Crippen LogP contribution in [-0.4, -0.2) is 70.0 Å². The molecule has 0 fully saturated rings. The molecule has 10 heteroatoms. The summed E-state index contributed by atoms with van der Waals surface area (Å²) in [4.78, 5) is 38.2. The van der Waals surface area contributed by atoms with Gasteiger partial charge in [0.1, 0.15) is 19.8 Å². The number of unbranched alkanes of at least 4 members (excludes halogenated alkanes) is 22. The molecule has 9 nitrogen and oxygen atoms in total. The molecule has 2 atom stereocenters. The summed E-state index contributed by atoms with van der Waals surface area (Å²) in [5.41, 5.74) is 0. The van der Waals surface area contributed by atoms with E-state index in [0.717, 1.165) is 167 Å². The van der Waals surface area contributed by atoms with Gasteiger partial charge in [-0.3, -0.25) is 14.2 Å². The lowest BCUT2D eigenvalue weighted by Gasteiger charge is -2.28. The number of esters is 2. The van der Waals surface area contributed by atoms with E-state index < -0.39 is 32.5 Å². The van der Waals surface area contributed by atoms with Gasteiger partial charge in [0.2, 0.25) is 0 Å². The predicted molar refractivity (Wildman–Crippen MR) is 442 cm³/mol. The molecule has 0 aromatic carbocycles. The number of carbonyl (C=O) groups is 2. The molecule has 0 aromatic rings. The molecule has 0 aliphatic heterocycles. The van der Waals surface area contributed by atoms with Crippen molar-refractivity contribution in [2.24, 2.45) is 0 Å². The number of nitrogens with zero attached hydrogens (tertiary/aromatic N) is 1. The van der Waals surface area contributed by atoms with Crippen molar-refractivity contribution in [3.05, 3.63) is 219 Å². The van der Waals surface area contributed by atoms with Gasteiger partial charge in [0.25, 0.3) is 7.82 Å². The fourth-order valence-corrected chi connectivity index (χ4v) is 11.1. The third kappa shape index (κ3) is 83.3. The first-order chi connectivity index (χ1) is 50.0. The second kappa shape index (κ2) is 79.4. The van der Waals surface area contributed by atoms with Crippen LogP contribution in [0.5, 0.6) is 0 Å². The number of hydrogen-bond donors (Lipinski definition) is 0. The van der Waals surface area contributed by atoms with Gasteiger partial charge in [0.05, 0.1) is 27.7 Å². The molecule has 0 spiro atoms. The number of phosphoric ester groups is 1. The summed E-state index contributed by atoms with van der Waals surface area (Å²) in [5.74, 6) is -0.849. The quantitative estimate of drug-likeness (QED) is 0.0195. The Balaban J connectivity index is 4.08. The molecule has 0 aliphatic carbocycles. The fraction of sp³-hybridized carbons (Fsp3) is 0.587. The van der Waals surface area contributed by atoms with Crippen LogP contribution in [0.15, 0.2) is 219 Å². The minimum atomic E-state index is -4.66. The molecule has 102 heavy (non-hydrogen) atoms. The number of quaternary nitrogens is 1. The van der Waals surface area contributed by atoms with Gasteiger partial charge in [-0.25, -0.2) is 0 Å². The van der Waals surface area contributed by atoms with E-state index >= 15 is 0 Å². The summed E-state index contributed by atoms with van der Waals surface area (Å²) in [6.07, 6.45) is 126. The monoisotopic (exact) mass is 1430 g/mol. The summed E-state index contributed by atoms with van der Waals surface area (Å²) in [6.45, 7) is 4.00. The summed E-state index contributed by atoms with van der Waals surface area (Å²) in [6, 6.07) is 0. The van der Waals surface area contributed by atoms with Crippen LogP contribution in [0, 0.1) is 0 Å². The zero-order chi connectivity index (χ0) is 74.0. The molecule has 0 aliphatic rings. The Hall–Kier alpha value is -5.67. The van der Waals surface area contributed by atoms with Crippen molar-refractivity contribution < 1.29 is 42.1 Å². The Morgan fingerprint density at radius 3 is 0.784 bits per heavy atom. The summed E-state index contributed by atoms with van der Waals surface area (Å²) in [5, 5.41) is 0. The first-order valence-corrected chi connectivity index (χ1v) is 41.9. The third-order valence-electron chi connectivity index (χ3n) is 16.5. The lowest BCUT2D eigenvalue weighted by Crippen LogP contribution is -2.37. The molecule has 0 bridgehead atoms. The second-order valence-electron chi connectivity index (χ2n) is 27.3. The van der Waals surface area contributed by atoms with Crippen LogP contribution in [0.3, 0.4) is 0 Å². The lowest BCUT2D eigenvalue weighted by molar-refractivity contribution is -0.870. The van der Waals surface area contributed by atoms with Crippen molar-refractivity contribution in [1.82, 2.24) is 0 Å².